The van der Waals surface area contributed by atoms with Gasteiger partial charge in [0.15, 0.2) is 0 Å². The van der Waals surface area contributed by atoms with Crippen molar-refractivity contribution in [2.24, 2.45) is 0 Å². The first-order chi connectivity index (χ1) is 13.6. The number of fused-ring (bicyclic) bond motifs is 1. The Kier molecular flexibility index (Phi) is 5.28. The van der Waals surface area contributed by atoms with Gasteiger partial charge in [0.25, 0.3) is 0 Å². The second kappa shape index (κ2) is 7.48. The largest absolute Gasteiger partial charge is 0.388 e. The lowest BCUT2D eigenvalue weighted by molar-refractivity contribution is -0.120. The van der Waals surface area contributed by atoms with Crippen LogP contribution < -0.4 is 10.2 Å². The Labute approximate surface area is 171 Å². The van der Waals surface area contributed by atoms with Gasteiger partial charge in [-0.15, -0.1) is 0 Å². The molecule has 0 unspecified atom stereocenters. The van der Waals surface area contributed by atoms with Crippen LogP contribution in [0.3, 0.4) is 0 Å². The molecule has 160 valence electrons. The highest BCUT2D eigenvalue weighted by atomic mass is 32.2. The molecule has 1 aromatic rings. The van der Waals surface area contributed by atoms with E-state index in [-0.39, 0.29) is 18.0 Å². The lowest BCUT2D eigenvalue weighted by Gasteiger charge is -2.39. The molecule has 2 fully saturated rings. The van der Waals surface area contributed by atoms with E-state index in [1.807, 2.05) is 0 Å². The zero-order chi connectivity index (χ0) is 20.8. The minimum absolute atomic E-state index is 0.00390. The molecule has 9 nitrogen and oxygen atoms in total. The van der Waals surface area contributed by atoms with Crippen molar-refractivity contribution in [3.05, 3.63) is 11.8 Å². The molecule has 1 saturated heterocycles. The van der Waals surface area contributed by atoms with Crippen molar-refractivity contribution in [1.29, 1.82) is 0 Å². The number of aliphatic hydroxyl groups is 1. The first-order valence-electron chi connectivity index (χ1n) is 10.3. The predicted octanol–water partition coefficient (Wildman–Crippen LogP) is 0.895. The van der Waals surface area contributed by atoms with Gasteiger partial charge in [-0.1, -0.05) is 0 Å². The second-order valence-corrected chi connectivity index (χ2v) is 10.6. The number of sulfonamides is 1. The van der Waals surface area contributed by atoms with E-state index >= 15 is 0 Å². The summed E-state index contributed by atoms with van der Waals surface area (Å²) in [6, 6.07) is -0.192. The molecule has 1 saturated carbocycles. The number of aromatic nitrogens is 2. The summed E-state index contributed by atoms with van der Waals surface area (Å²) in [5, 5.41) is 14.1. The quantitative estimate of drug-likeness (QED) is 0.739. The highest BCUT2D eigenvalue weighted by Gasteiger charge is 2.45. The molecule has 1 aromatic heterocycles. The van der Waals surface area contributed by atoms with Crippen LogP contribution in [-0.2, 0) is 21.2 Å². The van der Waals surface area contributed by atoms with E-state index < -0.39 is 15.6 Å². The SMILES string of the molecule is C[C@@]1(O)CCC[C@H]1N1C(=O)CCc2cnc(NC3CCN(S(C)(=O)=O)CC3)nc21. The third-order valence-corrected chi connectivity index (χ3v) is 7.70. The maximum atomic E-state index is 12.7. The van der Waals surface area contributed by atoms with E-state index in [1.165, 1.54) is 10.6 Å². The molecule has 0 aromatic carbocycles. The molecule has 3 heterocycles. The Hall–Kier alpha value is -1.78. The van der Waals surface area contributed by atoms with Crippen molar-refractivity contribution < 1.29 is 18.3 Å². The van der Waals surface area contributed by atoms with Crippen LogP contribution in [0.4, 0.5) is 11.8 Å². The van der Waals surface area contributed by atoms with Crippen molar-refractivity contribution >= 4 is 27.7 Å². The van der Waals surface area contributed by atoms with Gasteiger partial charge in [0.2, 0.25) is 21.9 Å². The first kappa shape index (κ1) is 20.5. The van der Waals surface area contributed by atoms with Gasteiger partial charge >= 0.3 is 0 Å². The molecule has 0 spiro atoms. The zero-order valence-corrected chi connectivity index (χ0v) is 17.8. The van der Waals surface area contributed by atoms with Crippen molar-refractivity contribution in [2.75, 3.05) is 29.6 Å². The van der Waals surface area contributed by atoms with Gasteiger partial charge in [0.05, 0.1) is 17.9 Å². The number of anilines is 2. The smallest absolute Gasteiger partial charge is 0.228 e. The van der Waals surface area contributed by atoms with Crippen LogP contribution in [0.15, 0.2) is 6.20 Å². The average molecular weight is 424 g/mol. The second-order valence-electron chi connectivity index (χ2n) is 8.65. The van der Waals surface area contributed by atoms with E-state index in [2.05, 4.69) is 15.3 Å². The standard InChI is InChI=1S/C19H29N5O4S/c1-19(26)9-3-4-15(19)24-16(25)6-5-13-12-20-18(22-17(13)24)21-14-7-10-23(11-8-14)29(2,27)28/h12,14-15,26H,3-11H2,1-2H3,(H,20,21,22)/t15-,19-/m1/s1. The Morgan fingerprint density at radius 1 is 1.24 bits per heavy atom. The number of carbonyl (C=O) groups is 1. The van der Waals surface area contributed by atoms with Crippen molar-refractivity contribution in [1.82, 2.24) is 14.3 Å². The van der Waals surface area contributed by atoms with Crippen LogP contribution >= 0.6 is 0 Å². The van der Waals surface area contributed by atoms with Gasteiger partial charge in [-0.25, -0.2) is 17.7 Å². The third kappa shape index (κ3) is 4.10. The molecule has 0 bridgehead atoms. The molecule has 2 atom stereocenters. The number of nitrogens with one attached hydrogen (secondary N) is 1. The third-order valence-electron chi connectivity index (χ3n) is 6.39. The summed E-state index contributed by atoms with van der Waals surface area (Å²) in [5.74, 6) is 1.04. The summed E-state index contributed by atoms with van der Waals surface area (Å²) in [4.78, 5) is 23.5. The Morgan fingerprint density at radius 3 is 2.59 bits per heavy atom. The molecule has 0 radical (unpaired) electrons. The zero-order valence-electron chi connectivity index (χ0n) is 17.0. The summed E-state index contributed by atoms with van der Waals surface area (Å²) in [5.41, 5.74) is 0.00567. The van der Waals surface area contributed by atoms with Gasteiger partial charge in [-0.05, 0) is 45.4 Å². The van der Waals surface area contributed by atoms with E-state index in [1.54, 1.807) is 18.0 Å². The number of hydrogen-bond acceptors (Lipinski definition) is 7. The number of aryl methyl sites for hydroxylation is 1. The minimum Gasteiger partial charge on any atom is -0.388 e. The topological polar surface area (TPSA) is 116 Å². The molecule has 2 N–H and O–H groups in total. The molecule has 1 amide bonds. The summed E-state index contributed by atoms with van der Waals surface area (Å²) in [7, 11) is -3.16. The van der Waals surface area contributed by atoms with Gasteiger partial charge in [0, 0.05) is 37.3 Å². The van der Waals surface area contributed by atoms with Crippen molar-refractivity contribution in [3.8, 4) is 0 Å². The number of carbonyl (C=O) groups excluding carboxylic acids is 1. The number of rotatable bonds is 4. The number of hydrogen-bond donors (Lipinski definition) is 2. The van der Waals surface area contributed by atoms with E-state index in [0.717, 1.165) is 18.4 Å². The molecule has 4 rings (SSSR count). The van der Waals surface area contributed by atoms with Crippen molar-refractivity contribution in [2.45, 2.75) is 69.6 Å². The van der Waals surface area contributed by atoms with Crippen LogP contribution in [0.5, 0.6) is 0 Å². The molecule has 3 aliphatic rings. The maximum Gasteiger partial charge on any atom is 0.228 e. The fraction of sp³-hybridized carbons (Fsp3) is 0.737. The van der Waals surface area contributed by atoms with Crippen LogP contribution in [0.25, 0.3) is 0 Å². The van der Waals surface area contributed by atoms with Crippen LogP contribution in [0.2, 0.25) is 0 Å². The predicted molar refractivity (Wildman–Crippen MR) is 109 cm³/mol. The molecule has 29 heavy (non-hydrogen) atoms. The lowest BCUT2D eigenvalue weighted by Crippen LogP contribution is -2.52. The molecule has 2 aliphatic heterocycles. The Bertz CT molecular complexity index is 896. The van der Waals surface area contributed by atoms with Crippen LogP contribution in [0.1, 0.15) is 51.0 Å². The van der Waals surface area contributed by atoms with E-state index in [9.17, 15) is 18.3 Å². The Morgan fingerprint density at radius 2 is 1.97 bits per heavy atom. The number of piperidine rings is 1. The molecule has 10 heteroatoms. The average Bonchev–Trinajstić information content (AvgIpc) is 3.00. The van der Waals surface area contributed by atoms with Crippen LogP contribution in [-0.4, -0.2) is 70.7 Å². The van der Waals surface area contributed by atoms with Crippen LogP contribution in [0, 0.1) is 0 Å². The fourth-order valence-corrected chi connectivity index (χ4v) is 5.58. The minimum atomic E-state index is -3.16. The highest BCUT2D eigenvalue weighted by molar-refractivity contribution is 7.88. The summed E-state index contributed by atoms with van der Waals surface area (Å²) >= 11 is 0. The molecular weight excluding hydrogens is 394 g/mol. The maximum absolute atomic E-state index is 12.7. The van der Waals surface area contributed by atoms with Gasteiger partial charge in [-0.3, -0.25) is 9.69 Å². The number of nitrogens with zero attached hydrogens (tertiary/aromatic N) is 4. The van der Waals surface area contributed by atoms with Gasteiger partial charge < -0.3 is 10.4 Å². The normalized spacial score (nSPS) is 29.1. The summed E-state index contributed by atoms with van der Waals surface area (Å²) in [6.07, 6.45) is 7.66. The first-order valence-corrected chi connectivity index (χ1v) is 12.1. The summed E-state index contributed by atoms with van der Waals surface area (Å²) in [6.45, 7) is 2.73. The van der Waals surface area contributed by atoms with E-state index in [0.29, 0.717) is 57.0 Å². The lowest BCUT2D eigenvalue weighted by atomic mass is 9.95. The van der Waals surface area contributed by atoms with Gasteiger partial charge in [-0.2, -0.15) is 4.98 Å². The Balaban J connectivity index is 1.53. The monoisotopic (exact) mass is 423 g/mol. The van der Waals surface area contributed by atoms with Crippen molar-refractivity contribution in [3.63, 3.8) is 0 Å². The fourth-order valence-electron chi connectivity index (χ4n) is 4.71. The highest BCUT2D eigenvalue weighted by Crippen LogP contribution is 2.39. The van der Waals surface area contributed by atoms with Gasteiger partial charge in [0.1, 0.15) is 5.82 Å². The molecule has 1 aliphatic carbocycles. The molecular formula is C19H29N5O4S. The van der Waals surface area contributed by atoms with E-state index in [4.69, 9.17) is 0 Å². The summed E-state index contributed by atoms with van der Waals surface area (Å²) < 4.78 is 24.8. The number of amides is 1.